The zero-order valence-corrected chi connectivity index (χ0v) is 15.5. The van der Waals surface area contributed by atoms with Crippen LogP contribution in [0, 0.1) is 0 Å². The number of nitrogens with one attached hydrogen (secondary N) is 1. The molecule has 0 spiro atoms. The zero-order valence-electron chi connectivity index (χ0n) is 15.5. The molecule has 1 aromatic heterocycles. The number of aryl methyl sites for hydroxylation is 1. The Labute approximate surface area is 158 Å². The summed E-state index contributed by atoms with van der Waals surface area (Å²) in [6.07, 6.45) is 4.40. The van der Waals surface area contributed by atoms with Gasteiger partial charge < -0.3 is 14.8 Å². The molecule has 5 heteroatoms. The molecule has 0 atom stereocenters. The third-order valence-electron chi connectivity index (χ3n) is 5.36. The Kier molecular flexibility index (Phi) is 4.00. The minimum absolute atomic E-state index is 0.288. The normalized spacial score (nSPS) is 15.1. The molecule has 0 radical (unpaired) electrons. The molecule has 27 heavy (non-hydrogen) atoms. The van der Waals surface area contributed by atoms with Crippen molar-refractivity contribution in [3.8, 4) is 28.4 Å². The monoisotopic (exact) mass is 361 g/mol. The molecule has 3 heterocycles. The summed E-state index contributed by atoms with van der Waals surface area (Å²) >= 11 is 0. The van der Waals surface area contributed by atoms with E-state index < -0.39 is 0 Å². The molecule has 0 aliphatic carbocycles. The molecule has 0 bridgehead atoms. The van der Waals surface area contributed by atoms with Gasteiger partial charge in [-0.25, -0.2) is 4.68 Å². The molecule has 2 aliphatic heterocycles. The van der Waals surface area contributed by atoms with Crippen molar-refractivity contribution in [3.63, 3.8) is 0 Å². The SMILES string of the molecule is CCc1ccc(-n2nc(-c3ccc4c(c3)OCO4)c3c2NCCCC3)cc1. The van der Waals surface area contributed by atoms with Gasteiger partial charge in [0.1, 0.15) is 5.82 Å². The maximum Gasteiger partial charge on any atom is 0.231 e. The highest BCUT2D eigenvalue weighted by molar-refractivity contribution is 5.73. The Balaban J connectivity index is 1.64. The van der Waals surface area contributed by atoms with E-state index in [9.17, 15) is 0 Å². The first-order valence-electron chi connectivity index (χ1n) is 9.68. The predicted molar refractivity (Wildman–Crippen MR) is 106 cm³/mol. The third kappa shape index (κ3) is 2.83. The average Bonchev–Trinajstić information content (AvgIpc) is 3.25. The summed E-state index contributed by atoms with van der Waals surface area (Å²) in [6.45, 7) is 3.44. The van der Waals surface area contributed by atoms with E-state index in [2.05, 4.69) is 47.3 Å². The summed E-state index contributed by atoms with van der Waals surface area (Å²) in [5, 5.41) is 8.62. The first-order valence-corrected chi connectivity index (χ1v) is 9.68. The fraction of sp³-hybridized carbons (Fsp3) is 0.318. The van der Waals surface area contributed by atoms with E-state index in [0.29, 0.717) is 0 Å². The molecular weight excluding hydrogens is 338 g/mol. The number of nitrogens with zero attached hydrogens (tertiary/aromatic N) is 2. The first-order chi connectivity index (χ1) is 13.3. The number of aromatic nitrogens is 2. The van der Waals surface area contributed by atoms with E-state index in [0.717, 1.165) is 60.1 Å². The maximum atomic E-state index is 5.57. The minimum atomic E-state index is 0.288. The van der Waals surface area contributed by atoms with Crippen molar-refractivity contribution in [1.29, 1.82) is 0 Å². The Morgan fingerprint density at radius 1 is 1.04 bits per heavy atom. The number of ether oxygens (including phenoxy) is 2. The van der Waals surface area contributed by atoms with Crippen LogP contribution in [0.1, 0.15) is 30.9 Å². The zero-order chi connectivity index (χ0) is 18.2. The molecule has 1 N–H and O–H groups in total. The summed E-state index contributed by atoms with van der Waals surface area (Å²) in [4.78, 5) is 0. The smallest absolute Gasteiger partial charge is 0.231 e. The number of benzene rings is 2. The molecule has 0 amide bonds. The van der Waals surface area contributed by atoms with E-state index in [1.165, 1.54) is 17.5 Å². The molecule has 0 saturated heterocycles. The van der Waals surface area contributed by atoms with Crippen LogP contribution in [0.4, 0.5) is 5.82 Å². The number of hydrogen-bond donors (Lipinski definition) is 1. The highest BCUT2D eigenvalue weighted by Crippen LogP contribution is 2.39. The van der Waals surface area contributed by atoms with Crippen LogP contribution >= 0.6 is 0 Å². The van der Waals surface area contributed by atoms with E-state index >= 15 is 0 Å². The van der Waals surface area contributed by atoms with Crippen LogP contribution < -0.4 is 14.8 Å². The maximum absolute atomic E-state index is 5.57. The predicted octanol–water partition coefficient (Wildman–Crippen LogP) is 4.58. The van der Waals surface area contributed by atoms with Crippen molar-refractivity contribution in [3.05, 3.63) is 53.6 Å². The highest BCUT2D eigenvalue weighted by atomic mass is 16.7. The van der Waals surface area contributed by atoms with Crippen molar-refractivity contribution in [1.82, 2.24) is 9.78 Å². The Bertz CT molecular complexity index is 976. The van der Waals surface area contributed by atoms with Gasteiger partial charge in [-0.1, -0.05) is 19.1 Å². The molecule has 0 fully saturated rings. The number of fused-ring (bicyclic) bond motifs is 2. The molecule has 2 aliphatic rings. The quantitative estimate of drug-likeness (QED) is 0.742. The number of rotatable bonds is 3. The van der Waals surface area contributed by atoms with Crippen molar-refractivity contribution in [2.45, 2.75) is 32.6 Å². The summed E-state index contributed by atoms with van der Waals surface area (Å²) in [5.74, 6) is 2.71. The second-order valence-corrected chi connectivity index (χ2v) is 7.06. The lowest BCUT2D eigenvalue weighted by Gasteiger charge is -2.09. The van der Waals surface area contributed by atoms with Gasteiger partial charge in [-0.05, 0) is 61.6 Å². The Morgan fingerprint density at radius 2 is 1.89 bits per heavy atom. The summed E-state index contributed by atoms with van der Waals surface area (Å²) in [6, 6.07) is 14.8. The molecule has 2 aromatic carbocycles. The van der Waals surface area contributed by atoms with E-state index in [4.69, 9.17) is 14.6 Å². The molecule has 5 rings (SSSR count). The molecule has 0 unspecified atom stereocenters. The average molecular weight is 361 g/mol. The highest BCUT2D eigenvalue weighted by Gasteiger charge is 2.23. The Hall–Kier alpha value is -2.95. The van der Waals surface area contributed by atoms with Crippen LogP contribution in [0.25, 0.3) is 16.9 Å². The van der Waals surface area contributed by atoms with Gasteiger partial charge >= 0.3 is 0 Å². The van der Waals surface area contributed by atoms with Crippen molar-refractivity contribution in [2.75, 3.05) is 18.7 Å². The molecule has 138 valence electrons. The fourth-order valence-electron chi connectivity index (χ4n) is 3.84. The van der Waals surface area contributed by atoms with Crippen LogP contribution in [0.3, 0.4) is 0 Å². The second-order valence-electron chi connectivity index (χ2n) is 7.06. The van der Waals surface area contributed by atoms with Crippen LogP contribution in [0.2, 0.25) is 0 Å². The topological polar surface area (TPSA) is 48.3 Å². The first kappa shape index (κ1) is 16.2. The molecular formula is C22H23N3O2. The minimum Gasteiger partial charge on any atom is -0.454 e. The van der Waals surface area contributed by atoms with Gasteiger partial charge in [0.2, 0.25) is 6.79 Å². The van der Waals surface area contributed by atoms with Gasteiger partial charge in [-0.3, -0.25) is 0 Å². The van der Waals surface area contributed by atoms with E-state index in [1.807, 2.05) is 12.1 Å². The summed E-state index contributed by atoms with van der Waals surface area (Å²) in [5.41, 5.74) is 5.80. The molecule has 3 aromatic rings. The van der Waals surface area contributed by atoms with Gasteiger partial charge in [0, 0.05) is 17.7 Å². The summed E-state index contributed by atoms with van der Waals surface area (Å²) < 4.78 is 13.1. The molecule has 0 saturated carbocycles. The van der Waals surface area contributed by atoms with Gasteiger partial charge in [0.25, 0.3) is 0 Å². The van der Waals surface area contributed by atoms with E-state index in [1.54, 1.807) is 0 Å². The fourth-order valence-corrected chi connectivity index (χ4v) is 3.84. The summed E-state index contributed by atoms with van der Waals surface area (Å²) in [7, 11) is 0. The van der Waals surface area contributed by atoms with Crippen molar-refractivity contribution >= 4 is 5.82 Å². The lowest BCUT2D eigenvalue weighted by atomic mass is 10.0. The van der Waals surface area contributed by atoms with Crippen LogP contribution in [-0.4, -0.2) is 23.1 Å². The third-order valence-corrected chi connectivity index (χ3v) is 5.36. The van der Waals surface area contributed by atoms with Gasteiger partial charge in [-0.2, -0.15) is 5.10 Å². The largest absolute Gasteiger partial charge is 0.454 e. The van der Waals surface area contributed by atoms with Gasteiger partial charge in [0.05, 0.1) is 11.4 Å². The van der Waals surface area contributed by atoms with Crippen molar-refractivity contribution < 1.29 is 9.47 Å². The van der Waals surface area contributed by atoms with Crippen LogP contribution in [-0.2, 0) is 12.8 Å². The van der Waals surface area contributed by atoms with Gasteiger partial charge in [0.15, 0.2) is 11.5 Å². The standard InChI is InChI=1S/C22H23N3O2/c1-2-15-6-9-17(10-7-15)25-22-18(5-3-4-12-23-22)21(24-25)16-8-11-19-20(13-16)27-14-26-19/h6-11,13,23H,2-5,12,14H2,1H3. The lowest BCUT2D eigenvalue weighted by molar-refractivity contribution is 0.174. The van der Waals surface area contributed by atoms with Crippen molar-refractivity contribution in [2.24, 2.45) is 0 Å². The van der Waals surface area contributed by atoms with E-state index in [-0.39, 0.29) is 6.79 Å². The lowest BCUT2D eigenvalue weighted by Crippen LogP contribution is -2.07. The van der Waals surface area contributed by atoms with Crippen LogP contribution in [0.5, 0.6) is 11.5 Å². The Morgan fingerprint density at radius 3 is 2.74 bits per heavy atom. The number of anilines is 1. The van der Waals surface area contributed by atoms with Gasteiger partial charge in [-0.15, -0.1) is 0 Å². The molecule has 5 nitrogen and oxygen atoms in total. The van der Waals surface area contributed by atoms with Crippen LogP contribution in [0.15, 0.2) is 42.5 Å². The second kappa shape index (κ2) is 6.65. The number of hydrogen-bond acceptors (Lipinski definition) is 4.